The van der Waals surface area contributed by atoms with Crippen molar-refractivity contribution < 1.29 is 14.6 Å². The minimum absolute atomic E-state index is 0.0559. The van der Waals surface area contributed by atoms with E-state index in [9.17, 15) is 9.90 Å². The van der Waals surface area contributed by atoms with Gasteiger partial charge >= 0.3 is 0 Å². The van der Waals surface area contributed by atoms with Crippen LogP contribution in [0.4, 0.5) is 0 Å². The maximum atomic E-state index is 13.9. The average molecular weight is 559 g/mol. The molecule has 2 bridgehead atoms. The van der Waals surface area contributed by atoms with E-state index < -0.39 is 6.23 Å². The van der Waals surface area contributed by atoms with Crippen LogP contribution in [0, 0.1) is 41.4 Å². The van der Waals surface area contributed by atoms with Crippen LogP contribution in [0.2, 0.25) is 0 Å². The first-order chi connectivity index (χ1) is 19.8. The standard InChI is InChI=1S/C36H50N2O3/c1-6-7-29-22-31(15-8-24(29)2)38-35(39)25(3)9-17-34(41-5)33-23-30(36(38)40)14-16-32(33)28-12-10-26(11-13-28)27-18-20-37(4)21-19-27/h8,14-15,18-20,25-26,28,31-34,36,40H,6-7,9-10,12,16-17,21-23H2,1-5H3/t25-,26?,28+,31?,32?,33?,34?,36?/m0/s1. The number of aliphatic hydroxyl groups excluding tert-OH is 1. The summed E-state index contributed by atoms with van der Waals surface area (Å²) < 4.78 is 6.15. The lowest BCUT2D eigenvalue weighted by molar-refractivity contribution is -0.147. The molecule has 5 aliphatic rings. The van der Waals surface area contributed by atoms with Crippen molar-refractivity contribution in [3.8, 4) is 11.8 Å². The molecule has 222 valence electrons. The monoisotopic (exact) mass is 558 g/mol. The summed E-state index contributed by atoms with van der Waals surface area (Å²) in [6.07, 6.45) is 20.8. The van der Waals surface area contributed by atoms with E-state index in [-0.39, 0.29) is 29.9 Å². The van der Waals surface area contributed by atoms with Crippen molar-refractivity contribution in [2.75, 3.05) is 20.7 Å². The second-order valence-electron chi connectivity index (χ2n) is 13.1. The van der Waals surface area contributed by atoms with Crippen LogP contribution < -0.4 is 0 Å². The van der Waals surface area contributed by atoms with E-state index in [2.05, 4.69) is 74.2 Å². The van der Waals surface area contributed by atoms with Crippen molar-refractivity contribution in [1.82, 2.24) is 9.80 Å². The Morgan fingerprint density at radius 3 is 2.59 bits per heavy atom. The van der Waals surface area contributed by atoms with E-state index >= 15 is 0 Å². The Morgan fingerprint density at radius 1 is 1.07 bits per heavy atom. The quantitative estimate of drug-likeness (QED) is 0.303. The zero-order valence-corrected chi connectivity index (χ0v) is 25.8. The van der Waals surface area contributed by atoms with Crippen LogP contribution in [-0.4, -0.2) is 59.9 Å². The van der Waals surface area contributed by atoms with Gasteiger partial charge in [-0.1, -0.05) is 67.6 Å². The molecular formula is C36H50N2O3. The van der Waals surface area contributed by atoms with Gasteiger partial charge in [0.25, 0.3) is 0 Å². The molecule has 0 radical (unpaired) electrons. The van der Waals surface area contributed by atoms with Gasteiger partial charge in [0.2, 0.25) is 5.91 Å². The molecule has 2 aliphatic heterocycles. The lowest BCUT2D eigenvalue weighted by atomic mass is 9.66. The first-order valence-corrected chi connectivity index (χ1v) is 16.0. The van der Waals surface area contributed by atoms with Crippen LogP contribution in [0.25, 0.3) is 0 Å². The van der Waals surface area contributed by atoms with Crippen LogP contribution >= 0.6 is 0 Å². The minimum atomic E-state index is -0.898. The molecule has 0 saturated carbocycles. The third-order valence-corrected chi connectivity index (χ3v) is 10.4. The number of likely N-dealkylation sites (N-methyl/N-ethyl adjacent to an activating group) is 1. The SMILES string of the molecule is CCCC1=C(C)C=CC(N2C(=O)[C@@H](C)CCC(OC)C3CC(=CCC3[C@H]3C#CC(C4=CCN(C)C=C4)CC3)C2O)C1. The Hall–Kier alpha value is -2.55. The van der Waals surface area contributed by atoms with E-state index in [1.54, 1.807) is 0 Å². The van der Waals surface area contributed by atoms with Gasteiger partial charge in [0.05, 0.1) is 12.1 Å². The smallest absolute Gasteiger partial charge is 0.228 e. The molecule has 1 saturated heterocycles. The molecule has 0 aromatic rings. The molecule has 0 aromatic heterocycles. The zero-order valence-electron chi connectivity index (χ0n) is 25.8. The number of carbonyl (C=O) groups excluding carboxylic acids is 1. The molecule has 6 unspecified atom stereocenters. The number of hydrogen-bond acceptors (Lipinski definition) is 4. The summed E-state index contributed by atoms with van der Waals surface area (Å²) in [4.78, 5) is 17.9. The Labute approximate surface area is 248 Å². The average Bonchev–Trinajstić information content (AvgIpc) is 2.99. The number of hydrogen-bond donors (Lipinski definition) is 1. The van der Waals surface area contributed by atoms with E-state index in [1.165, 1.54) is 16.7 Å². The number of carbonyl (C=O) groups is 1. The second kappa shape index (κ2) is 13.2. The van der Waals surface area contributed by atoms with Crippen molar-refractivity contribution >= 4 is 5.91 Å². The van der Waals surface area contributed by atoms with E-state index in [0.29, 0.717) is 17.8 Å². The van der Waals surface area contributed by atoms with Gasteiger partial charge in [0, 0.05) is 38.5 Å². The summed E-state index contributed by atoms with van der Waals surface area (Å²) in [6.45, 7) is 7.35. The number of allylic oxidation sites excluding steroid dienone is 5. The number of aliphatic hydroxyl groups is 1. The lowest BCUT2D eigenvalue weighted by Gasteiger charge is -2.45. The van der Waals surface area contributed by atoms with E-state index in [4.69, 9.17) is 4.74 Å². The predicted molar refractivity (Wildman–Crippen MR) is 165 cm³/mol. The summed E-state index contributed by atoms with van der Waals surface area (Å²) in [5.74, 6) is 8.58. The highest BCUT2D eigenvalue weighted by atomic mass is 16.5. The van der Waals surface area contributed by atoms with Crippen LogP contribution in [0.5, 0.6) is 0 Å². The number of fused-ring (bicyclic) bond motifs is 2. The zero-order chi connectivity index (χ0) is 29.1. The molecule has 5 nitrogen and oxygen atoms in total. The number of rotatable bonds is 6. The Balaban J connectivity index is 1.39. The van der Waals surface area contributed by atoms with Crippen molar-refractivity contribution in [3.63, 3.8) is 0 Å². The van der Waals surface area contributed by atoms with Crippen molar-refractivity contribution in [2.24, 2.45) is 29.6 Å². The number of methoxy groups -OCH3 is 1. The van der Waals surface area contributed by atoms with Gasteiger partial charge in [-0.15, -0.1) is 0 Å². The molecule has 1 N–H and O–H groups in total. The summed E-state index contributed by atoms with van der Waals surface area (Å²) >= 11 is 0. The van der Waals surface area contributed by atoms with Gasteiger partial charge in [-0.3, -0.25) is 4.79 Å². The van der Waals surface area contributed by atoms with Gasteiger partial charge in [-0.05, 0) is 93.5 Å². The Bertz CT molecular complexity index is 1200. The fourth-order valence-corrected chi connectivity index (χ4v) is 7.76. The van der Waals surface area contributed by atoms with Gasteiger partial charge in [0.15, 0.2) is 6.23 Å². The van der Waals surface area contributed by atoms with Gasteiger partial charge in [0.1, 0.15) is 0 Å². The fourth-order valence-electron chi connectivity index (χ4n) is 7.76. The largest absolute Gasteiger partial charge is 0.381 e. The molecule has 41 heavy (non-hydrogen) atoms. The normalized spacial score (nSPS) is 36.0. The van der Waals surface area contributed by atoms with Crippen molar-refractivity contribution in [1.29, 1.82) is 0 Å². The number of nitrogens with zero attached hydrogens (tertiary/aromatic N) is 2. The van der Waals surface area contributed by atoms with Crippen LogP contribution in [-0.2, 0) is 9.53 Å². The number of ether oxygens (including phenoxy) is 1. The maximum Gasteiger partial charge on any atom is 0.228 e. The summed E-state index contributed by atoms with van der Waals surface area (Å²) in [5.41, 5.74) is 5.05. The second-order valence-corrected chi connectivity index (χ2v) is 13.1. The molecule has 2 heterocycles. The molecular weight excluding hydrogens is 508 g/mol. The van der Waals surface area contributed by atoms with Crippen molar-refractivity contribution in [2.45, 2.75) is 96.9 Å². The predicted octanol–water partition coefficient (Wildman–Crippen LogP) is 6.39. The first-order valence-electron chi connectivity index (χ1n) is 16.0. The third-order valence-electron chi connectivity index (χ3n) is 10.4. The molecule has 5 heteroatoms. The van der Waals surface area contributed by atoms with Crippen LogP contribution in [0.1, 0.15) is 78.6 Å². The Kier molecular flexibility index (Phi) is 9.62. The highest BCUT2D eigenvalue weighted by Crippen LogP contribution is 2.44. The van der Waals surface area contributed by atoms with Crippen LogP contribution in [0.15, 0.2) is 58.9 Å². The molecule has 0 aromatic carbocycles. The van der Waals surface area contributed by atoms with Gasteiger partial charge in [-0.2, -0.15) is 0 Å². The molecule has 8 atom stereocenters. The highest BCUT2D eigenvalue weighted by Gasteiger charge is 2.43. The molecule has 1 fully saturated rings. The third kappa shape index (κ3) is 6.45. The molecule has 5 rings (SSSR count). The lowest BCUT2D eigenvalue weighted by Crippen LogP contribution is -2.52. The minimum Gasteiger partial charge on any atom is -0.381 e. The molecule has 3 aliphatic carbocycles. The van der Waals surface area contributed by atoms with E-state index in [0.717, 1.165) is 69.9 Å². The summed E-state index contributed by atoms with van der Waals surface area (Å²) in [6, 6.07) is -0.107. The topological polar surface area (TPSA) is 53.0 Å². The fraction of sp³-hybridized carbons (Fsp3) is 0.639. The van der Waals surface area contributed by atoms with Crippen LogP contribution in [0.3, 0.4) is 0 Å². The Morgan fingerprint density at radius 2 is 1.90 bits per heavy atom. The molecule has 0 spiro atoms. The van der Waals surface area contributed by atoms with Gasteiger partial charge in [-0.25, -0.2) is 0 Å². The summed E-state index contributed by atoms with van der Waals surface area (Å²) in [5, 5.41) is 11.9. The molecule has 1 amide bonds. The summed E-state index contributed by atoms with van der Waals surface area (Å²) in [7, 11) is 3.92. The van der Waals surface area contributed by atoms with Crippen molar-refractivity contribution in [3.05, 3.63) is 58.9 Å². The number of amides is 1. The van der Waals surface area contributed by atoms with E-state index in [1.807, 2.05) is 18.9 Å². The first kappa shape index (κ1) is 29.9. The van der Waals surface area contributed by atoms with Gasteiger partial charge < -0.3 is 19.6 Å². The highest BCUT2D eigenvalue weighted by molar-refractivity contribution is 5.80. The maximum absolute atomic E-state index is 13.9.